The number of aromatic nitrogens is 2. The molecular formula is C16H15N3S. The van der Waals surface area contributed by atoms with Crippen molar-refractivity contribution >= 4 is 33.8 Å². The normalized spacial score (nSPS) is 10.9. The van der Waals surface area contributed by atoms with Crippen molar-refractivity contribution in [2.75, 3.05) is 5.73 Å². The monoisotopic (exact) mass is 281 g/mol. The fourth-order valence-corrected chi connectivity index (χ4v) is 2.68. The maximum absolute atomic E-state index is 6.09. The molecule has 0 radical (unpaired) electrons. The van der Waals surface area contributed by atoms with Gasteiger partial charge in [-0.15, -0.1) is 0 Å². The van der Waals surface area contributed by atoms with Gasteiger partial charge < -0.3 is 10.7 Å². The highest BCUT2D eigenvalue weighted by Crippen LogP contribution is 2.24. The highest BCUT2D eigenvalue weighted by molar-refractivity contribution is 7.81. The molecule has 100 valence electrons. The molecule has 0 saturated carbocycles. The Bertz CT molecular complexity index is 785. The molecule has 0 saturated heterocycles. The Hall–Kier alpha value is -2.20. The predicted molar refractivity (Wildman–Crippen MR) is 87.2 cm³/mol. The first kappa shape index (κ1) is 12.8. The predicted octanol–water partition coefficient (Wildman–Crippen LogP) is 3.53. The largest absolute Gasteiger partial charge is 0.398 e. The van der Waals surface area contributed by atoms with E-state index in [0.29, 0.717) is 16.4 Å². The number of benzene rings is 2. The van der Waals surface area contributed by atoms with Crippen LogP contribution in [0.4, 0.5) is 5.69 Å². The lowest BCUT2D eigenvalue weighted by Crippen LogP contribution is -2.09. The minimum Gasteiger partial charge on any atom is -0.398 e. The van der Waals surface area contributed by atoms with E-state index >= 15 is 0 Å². The van der Waals surface area contributed by atoms with Crippen LogP contribution in [0.3, 0.4) is 0 Å². The Morgan fingerprint density at radius 3 is 2.65 bits per heavy atom. The molecule has 0 aliphatic carbocycles. The fraction of sp³-hybridized carbons (Fsp3) is 0.125. The standard InChI is InChI=1S/C16H15N3S/c1-9-7-8-11(17)14(10(9)2)15(20)16-18-12-5-3-4-6-13(12)19-16/h3-8H,17H2,1-2H3,(H,18,19). The summed E-state index contributed by atoms with van der Waals surface area (Å²) in [7, 11) is 0. The van der Waals surface area contributed by atoms with E-state index < -0.39 is 0 Å². The average Bonchev–Trinajstić information content (AvgIpc) is 2.87. The van der Waals surface area contributed by atoms with Gasteiger partial charge in [-0.05, 0) is 43.2 Å². The van der Waals surface area contributed by atoms with Crippen molar-refractivity contribution in [1.29, 1.82) is 0 Å². The lowest BCUT2D eigenvalue weighted by Gasteiger charge is -2.11. The van der Waals surface area contributed by atoms with Gasteiger partial charge in [0, 0.05) is 11.3 Å². The third-order valence-electron chi connectivity index (χ3n) is 3.60. The van der Waals surface area contributed by atoms with Gasteiger partial charge in [0.1, 0.15) is 5.82 Å². The molecule has 3 aromatic rings. The summed E-state index contributed by atoms with van der Waals surface area (Å²) < 4.78 is 0. The van der Waals surface area contributed by atoms with Crippen LogP contribution in [0.25, 0.3) is 11.0 Å². The number of para-hydroxylation sites is 2. The summed E-state index contributed by atoms with van der Waals surface area (Å²) in [5.74, 6) is 0.696. The molecule has 1 aromatic heterocycles. The molecular weight excluding hydrogens is 266 g/mol. The minimum atomic E-state index is 0.667. The van der Waals surface area contributed by atoms with E-state index in [9.17, 15) is 0 Å². The Kier molecular flexibility index (Phi) is 3.03. The Labute approximate surface area is 122 Å². The number of imidazole rings is 1. The van der Waals surface area contributed by atoms with Gasteiger partial charge in [0.2, 0.25) is 0 Å². The molecule has 0 bridgehead atoms. The number of nitrogen functional groups attached to an aromatic ring is 1. The zero-order valence-corrected chi connectivity index (χ0v) is 12.2. The van der Waals surface area contributed by atoms with E-state index in [1.54, 1.807) is 0 Å². The number of H-pyrrole nitrogens is 1. The Morgan fingerprint density at radius 2 is 1.90 bits per heavy atom. The van der Waals surface area contributed by atoms with Crippen molar-refractivity contribution in [2.24, 2.45) is 0 Å². The van der Waals surface area contributed by atoms with Crippen LogP contribution in [0.5, 0.6) is 0 Å². The Morgan fingerprint density at radius 1 is 1.15 bits per heavy atom. The third kappa shape index (κ3) is 1.98. The number of nitrogens with one attached hydrogen (secondary N) is 1. The van der Waals surface area contributed by atoms with Crippen molar-refractivity contribution in [3.63, 3.8) is 0 Å². The molecule has 0 fully saturated rings. The lowest BCUT2D eigenvalue weighted by atomic mass is 9.98. The SMILES string of the molecule is Cc1ccc(N)c(C(=S)c2nc3ccccc3[nH]2)c1C. The maximum Gasteiger partial charge on any atom is 0.150 e. The van der Waals surface area contributed by atoms with E-state index in [1.807, 2.05) is 43.3 Å². The molecule has 3 rings (SSSR count). The van der Waals surface area contributed by atoms with E-state index in [-0.39, 0.29) is 0 Å². The highest BCUT2D eigenvalue weighted by Gasteiger charge is 2.15. The fourth-order valence-electron chi connectivity index (χ4n) is 2.32. The van der Waals surface area contributed by atoms with Crippen molar-refractivity contribution in [3.05, 3.63) is 58.9 Å². The smallest absolute Gasteiger partial charge is 0.150 e. The maximum atomic E-state index is 6.09. The van der Waals surface area contributed by atoms with Gasteiger partial charge in [-0.3, -0.25) is 0 Å². The number of aromatic amines is 1. The molecule has 0 aliphatic heterocycles. The van der Waals surface area contributed by atoms with Gasteiger partial charge in [-0.25, -0.2) is 4.98 Å². The quantitative estimate of drug-likeness (QED) is 0.429. The first-order valence-corrected chi connectivity index (χ1v) is 6.84. The second-order valence-corrected chi connectivity index (χ2v) is 5.31. The van der Waals surface area contributed by atoms with Crippen molar-refractivity contribution < 1.29 is 0 Å². The van der Waals surface area contributed by atoms with Crippen LogP contribution in [-0.2, 0) is 0 Å². The van der Waals surface area contributed by atoms with E-state index in [2.05, 4.69) is 16.9 Å². The van der Waals surface area contributed by atoms with Crippen LogP contribution in [0.15, 0.2) is 36.4 Å². The molecule has 0 unspecified atom stereocenters. The second-order valence-electron chi connectivity index (χ2n) is 4.90. The zero-order chi connectivity index (χ0) is 14.3. The number of nitrogens with two attached hydrogens (primary N) is 1. The van der Waals surface area contributed by atoms with Gasteiger partial charge in [-0.1, -0.05) is 30.4 Å². The first-order chi connectivity index (χ1) is 9.58. The van der Waals surface area contributed by atoms with Crippen LogP contribution < -0.4 is 5.73 Å². The van der Waals surface area contributed by atoms with Crippen LogP contribution in [0, 0.1) is 13.8 Å². The number of fused-ring (bicyclic) bond motifs is 1. The number of thiocarbonyl (C=S) groups is 1. The van der Waals surface area contributed by atoms with Gasteiger partial charge in [0.05, 0.1) is 15.9 Å². The van der Waals surface area contributed by atoms with Gasteiger partial charge in [0.15, 0.2) is 0 Å². The molecule has 4 heteroatoms. The molecule has 3 nitrogen and oxygen atoms in total. The van der Waals surface area contributed by atoms with Crippen molar-refractivity contribution in [1.82, 2.24) is 9.97 Å². The lowest BCUT2D eigenvalue weighted by molar-refractivity contribution is 1.28. The van der Waals surface area contributed by atoms with E-state index in [4.69, 9.17) is 18.0 Å². The molecule has 3 N–H and O–H groups in total. The summed E-state index contributed by atoms with van der Waals surface area (Å²) in [6.45, 7) is 4.09. The van der Waals surface area contributed by atoms with E-state index in [1.165, 1.54) is 5.56 Å². The van der Waals surface area contributed by atoms with Crippen LogP contribution in [-0.4, -0.2) is 14.8 Å². The Balaban J connectivity index is 2.15. The van der Waals surface area contributed by atoms with Crippen LogP contribution in [0.2, 0.25) is 0 Å². The molecule has 1 heterocycles. The topological polar surface area (TPSA) is 54.7 Å². The van der Waals surface area contributed by atoms with Crippen molar-refractivity contribution in [3.8, 4) is 0 Å². The zero-order valence-electron chi connectivity index (χ0n) is 11.4. The number of rotatable bonds is 2. The molecule has 0 aliphatic rings. The minimum absolute atomic E-state index is 0.667. The molecule has 0 atom stereocenters. The summed E-state index contributed by atoms with van der Waals surface area (Å²) in [6.07, 6.45) is 0. The highest BCUT2D eigenvalue weighted by atomic mass is 32.1. The second kappa shape index (κ2) is 4.72. The molecule has 2 aromatic carbocycles. The van der Waals surface area contributed by atoms with Crippen LogP contribution >= 0.6 is 12.2 Å². The van der Waals surface area contributed by atoms with Crippen molar-refractivity contribution in [2.45, 2.75) is 13.8 Å². The number of anilines is 1. The number of aryl methyl sites for hydroxylation is 1. The summed E-state index contributed by atoms with van der Waals surface area (Å²) in [4.78, 5) is 8.48. The summed E-state index contributed by atoms with van der Waals surface area (Å²) in [5, 5.41) is 0. The first-order valence-electron chi connectivity index (χ1n) is 6.43. The average molecular weight is 281 g/mol. The van der Waals surface area contributed by atoms with Gasteiger partial charge in [0.25, 0.3) is 0 Å². The van der Waals surface area contributed by atoms with Crippen LogP contribution in [0.1, 0.15) is 22.5 Å². The molecule has 0 amide bonds. The number of hydrogen-bond acceptors (Lipinski definition) is 3. The summed E-state index contributed by atoms with van der Waals surface area (Å²) in [6, 6.07) is 11.8. The molecule has 20 heavy (non-hydrogen) atoms. The summed E-state index contributed by atoms with van der Waals surface area (Å²) in [5.41, 5.74) is 11.9. The van der Waals surface area contributed by atoms with Gasteiger partial charge in [-0.2, -0.15) is 0 Å². The molecule has 0 spiro atoms. The van der Waals surface area contributed by atoms with Gasteiger partial charge >= 0.3 is 0 Å². The number of nitrogens with zero attached hydrogens (tertiary/aromatic N) is 1. The van der Waals surface area contributed by atoms with E-state index in [0.717, 1.165) is 22.2 Å². The summed E-state index contributed by atoms with van der Waals surface area (Å²) >= 11 is 5.59. The third-order valence-corrected chi connectivity index (χ3v) is 4.00. The number of hydrogen-bond donors (Lipinski definition) is 2.